The number of nitrogens with one attached hydrogen (secondary N) is 1. The standard InChI is InChI=1S/C13H18N2O3S/c1-16-10-7-9(8-11(17-2)12(10)18-3)15-13-14-5-4-6-19-13/h7-8H,4-6H2,1-3H3,(H,14,15). The van der Waals surface area contributed by atoms with Gasteiger partial charge in [0.05, 0.1) is 21.3 Å². The molecular formula is C13H18N2O3S. The molecule has 0 aromatic heterocycles. The van der Waals surface area contributed by atoms with E-state index < -0.39 is 0 Å². The molecule has 0 saturated carbocycles. The van der Waals surface area contributed by atoms with Gasteiger partial charge in [-0.25, -0.2) is 0 Å². The maximum atomic E-state index is 5.32. The van der Waals surface area contributed by atoms with E-state index in [-0.39, 0.29) is 0 Å². The highest BCUT2D eigenvalue weighted by molar-refractivity contribution is 8.14. The number of hydrogen-bond donors (Lipinski definition) is 1. The molecule has 0 atom stereocenters. The number of ether oxygens (including phenoxy) is 3. The van der Waals surface area contributed by atoms with Crippen molar-refractivity contribution in [3.63, 3.8) is 0 Å². The minimum Gasteiger partial charge on any atom is -0.493 e. The lowest BCUT2D eigenvalue weighted by Crippen LogP contribution is -2.13. The number of thioether (sulfide) groups is 1. The molecule has 0 aliphatic carbocycles. The maximum Gasteiger partial charge on any atom is 0.203 e. The Morgan fingerprint density at radius 1 is 1.11 bits per heavy atom. The summed E-state index contributed by atoms with van der Waals surface area (Å²) in [5, 5.41) is 4.21. The zero-order valence-electron chi connectivity index (χ0n) is 11.4. The summed E-state index contributed by atoms with van der Waals surface area (Å²) < 4.78 is 15.9. The smallest absolute Gasteiger partial charge is 0.203 e. The summed E-state index contributed by atoms with van der Waals surface area (Å²) in [6.07, 6.45) is 1.13. The highest BCUT2D eigenvalue weighted by atomic mass is 32.2. The lowest BCUT2D eigenvalue weighted by molar-refractivity contribution is 0.324. The first-order valence-corrected chi connectivity index (χ1v) is 7.01. The van der Waals surface area contributed by atoms with Crippen LogP contribution in [0, 0.1) is 0 Å². The SMILES string of the molecule is COc1cc(NC2=NCCCS2)cc(OC)c1OC. The molecule has 104 valence electrons. The molecule has 1 heterocycles. The number of amidine groups is 1. The predicted octanol–water partition coefficient (Wildman–Crippen LogP) is 2.62. The van der Waals surface area contributed by atoms with Crippen LogP contribution in [0.2, 0.25) is 0 Å². The monoisotopic (exact) mass is 282 g/mol. The number of methoxy groups -OCH3 is 3. The third kappa shape index (κ3) is 3.26. The van der Waals surface area contributed by atoms with Crippen LogP contribution in [0.1, 0.15) is 6.42 Å². The molecule has 1 aromatic rings. The molecular weight excluding hydrogens is 264 g/mol. The molecule has 0 spiro atoms. The summed E-state index contributed by atoms with van der Waals surface area (Å²) in [7, 11) is 4.80. The van der Waals surface area contributed by atoms with Gasteiger partial charge in [-0.05, 0) is 6.42 Å². The van der Waals surface area contributed by atoms with Crippen LogP contribution in [0.15, 0.2) is 17.1 Å². The van der Waals surface area contributed by atoms with Crippen LogP contribution >= 0.6 is 11.8 Å². The normalized spacial score (nSPS) is 14.6. The number of hydrogen-bond acceptors (Lipinski definition) is 6. The Kier molecular flexibility index (Phi) is 4.79. The summed E-state index contributed by atoms with van der Waals surface area (Å²) in [6, 6.07) is 3.75. The van der Waals surface area contributed by atoms with E-state index >= 15 is 0 Å². The van der Waals surface area contributed by atoms with Gasteiger partial charge in [0.1, 0.15) is 0 Å². The average Bonchev–Trinajstić information content (AvgIpc) is 2.47. The van der Waals surface area contributed by atoms with Crippen molar-refractivity contribution in [2.24, 2.45) is 4.99 Å². The number of anilines is 1. The molecule has 0 unspecified atom stereocenters. The minimum atomic E-state index is 0.591. The Labute approximate surface area is 117 Å². The highest BCUT2D eigenvalue weighted by Crippen LogP contribution is 2.40. The maximum absolute atomic E-state index is 5.32. The first-order chi connectivity index (χ1) is 9.28. The Balaban J connectivity index is 2.27. The third-order valence-electron chi connectivity index (χ3n) is 2.71. The fourth-order valence-electron chi connectivity index (χ4n) is 1.81. The number of aliphatic imine (C=N–C) groups is 1. The van der Waals surface area contributed by atoms with Crippen molar-refractivity contribution in [2.45, 2.75) is 6.42 Å². The first-order valence-electron chi connectivity index (χ1n) is 6.02. The van der Waals surface area contributed by atoms with Crippen LogP contribution in [0.25, 0.3) is 0 Å². The van der Waals surface area contributed by atoms with Crippen molar-refractivity contribution >= 4 is 22.6 Å². The van der Waals surface area contributed by atoms with Crippen LogP contribution in [0.5, 0.6) is 17.2 Å². The van der Waals surface area contributed by atoms with E-state index in [2.05, 4.69) is 10.3 Å². The van der Waals surface area contributed by atoms with Gasteiger partial charge in [-0.3, -0.25) is 4.99 Å². The Morgan fingerprint density at radius 3 is 2.26 bits per heavy atom. The number of nitrogens with zero attached hydrogens (tertiary/aromatic N) is 1. The van der Waals surface area contributed by atoms with Crippen molar-refractivity contribution in [3.8, 4) is 17.2 Å². The zero-order valence-corrected chi connectivity index (χ0v) is 12.2. The Bertz CT molecular complexity index is 452. The van der Waals surface area contributed by atoms with E-state index in [0.29, 0.717) is 17.2 Å². The van der Waals surface area contributed by atoms with Crippen LogP contribution in [0.3, 0.4) is 0 Å². The molecule has 2 rings (SSSR count). The molecule has 0 amide bonds. The van der Waals surface area contributed by atoms with Gasteiger partial charge in [-0.15, -0.1) is 0 Å². The van der Waals surface area contributed by atoms with Gasteiger partial charge in [0.25, 0.3) is 0 Å². The molecule has 0 saturated heterocycles. The lowest BCUT2D eigenvalue weighted by atomic mass is 10.2. The van der Waals surface area contributed by atoms with Crippen molar-refractivity contribution < 1.29 is 14.2 Å². The third-order valence-corrected chi connectivity index (χ3v) is 3.71. The van der Waals surface area contributed by atoms with E-state index in [1.54, 1.807) is 33.1 Å². The largest absolute Gasteiger partial charge is 0.493 e. The molecule has 5 nitrogen and oxygen atoms in total. The van der Waals surface area contributed by atoms with Gasteiger partial charge in [0.15, 0.2) is 16.7 Å². The molecule has 6 heteroatoms. The topological polar surface area (TPSA) is 52.1 Å². The van der Waals surface area contributed by atoms with E-state index in [0.717, 1.165) is 29.6 Å². The quantitative estimate of drug-likeness (QED) is 0.920. The fraction of sp³-hybridized carbons (Fsp3) is 0.462. The van der Waals surface area contributed by atoms with E-state index in [1.807, 2.05) is 12.1 Å². The summed E-state index contributed by atoms with van der Waals surface area (Å²) in [4.78, 5) is 4.43. The van der Waals surface area contributed by atoms with E-state index in [4.69, 9.17) is 14.2 Å². The van der Waals surface area contributed by atoms with Crippen LogP contribution in [-0.4, -0.2) is 38.8 Å². The average molecular weight is 282 g/mol. The molecule has 1 aliphatic rings. The fourth-order valence-corrected chi connectivity index (χ4v) is 2.65. The van der Waals surface area contributed by atoms with Crippen molar-refractivity contribution in [1.29, 1.82) is 0 Å². The Morgan fingerprint density at radius 2 is 1.79 bits per heavy atom. The second-order valence-electron chi connectivity index (χ2n) is 3.93. The first kappa shape index (κ1) is 13.9. The lowest BCUT2D eigenvalue weighted by Gasteiger charge is -2.17. The van der Waals surface area contributed by atoms with E-state index in [9.17, 15) is 0 Å². The Hall–Kier alpha value is -1.56. The van der Waals surface area contributed by atoms with Gasteiger partial charge in [-0.1, -0.05) is 11.8 Å². The van der Waals surface area contributed by atoms with Gasteiger partial charge in [0.2, 0.25) is 5.75 Å². The molecule has 1 aliphatic heterocycles. The van der Waals surface area contributed by atoms with Crippen molar-refractivity contribution in [1.82, 2.24) is 0 Å². The molecule has 0 bridgehead atoms. The highest BCUT2D eigenvalue weighted by Gasteiger charge is 2.14. The number of benzene rings is 1. The van der Waals surface area contributed by atoms with Gasteiger partial charge >= 0.3 is 0 Å². The summed E-state index contributed by atoms with van der Waals surface area (Å²) in [6.45, 7) is 0.875. The molecule has 0 radical (unpaired) electrons. The number of rotatable bonds is 4. The van der Waals surface area contributed by atoms with Crippen LogP contribution < -0.4 is 19.5 Å². The second kappa shape index (κ2) is 6.56. The zero-order chi connectivity index (χ0) is 13.7. The molecule has 0 fully saturated rings. The van der Waals surface area contributed by atoms with E-state index in [1.165, 1.54) is 0 Å². The van der Waals surface area contributed by atoms with Crippen LogP contribution in [0.4, 0.5) is 5.69 Å². The molecule has 19 heavy (non-hydrogen) atoms. The van der Waals surface area contributed by atoms with Crippen LogP contribution in [-0.2, 0) is 0 Å². The van der Waals surface area contributed by atoms with Gasteiger partial charge in [-0.2, -0.15) is 0 Å². The molecule has 1 aromatic carbocycles. The molecule has 1 N–H and O–H groups in total. The summed E-state index contributed by atoms with van der Waals surface area (Å²) in [5.41, 5.74) is 0.877. The predicted molar refractivity (Wildman–Crippen MR) is 79.1 cm³/mol. The van der Waals surface area contributed by atoms with Gasteiger partial charge < -0.3 is 19.5 Å². The second-order valence-corrected chi connectivity index (χ2v) is 5.01. The van der Waals surface area contributed by atoms with Crippen molar-refractivity contribution in [2.75, 3.05) is 38.9 Å². The van der Waals surface area contributed by atoms with Crippen molar-refractivity contribution in [3.05, 3.63) is 12.1 Å². The minimum absolute atomic E-state index is 0.591. The summed E-state index contributed by atoms with van der Waals surface area (Å²) >= 11 is 1.72. The van der Waals surface area contributed by atoms with Gasteiger partial charge in [0, 0.05) is 30.1 Å². The summed E-state index contributed by atoms with van der Waals surface area (Å²) in [5.74, 6) is 2.95.